The van der Waals surface area contributed by atoms with Crippen molar-refractivity contribution in [3.63, 3.8) is 0 Å². The van der Waals surface area contributed by atoms with Crippen LogP contribution in [0.4, 0.5) is 0 Å². The number of dihydropyridines is 1. The summed E-state index contributed by atoms with van der Waals surface area (Å²) < 4.78 is 5.76. The number of ketones is 1. The highest BCUT2D eigenvalue weighted by atomic mass is 16.5. The molecule has 2 N–H and O–H groups in total. The predicted octanol–water partition coefficient (Wildman–Crippen LogP) is 5.76. The molecule has 3 aromatic rings. The highest BCUT2D eigenvalue weighted by Gasteiger charge is 2.40. The van der Waals surface area contributed by atoms with E-state index in [9.17, 15) is 19.5 Å². The molecule has 1 atom stereocenters. The lowest BCUT2D eigenvalue weighted by molar-refractivity contribution is -0.140. The molecule has 6 heteroatoms. The average molecular weight is 494 g/mol. The van der Waals surface area contributed by atoms with E-state index in [1.165, 1.54) is 0 Å². The van der Waals surface area contributed by atoms with Crippen molar-refractivity contribution < 1.29 is 24.2 Å². The van der Waals surface area contributed by atoms with Gasteiger partial charge in [0.15, 0.2) is 5.78 Å². The van der Waals surface area contributed by atoms with Gasteiger partial charge in [0.05, 0.1) is 11.1 Å². The van der Waals surface area contributed by atoms with Gasteiger partial charge in [-0.15, -0.1) is 0 Å². The van der Waals surface area contributed by atoms with Crippen LogP contribution in [0.2, 0.25) is 0 Å². The number of hydrogen-bond acceptors (Lipinski definition) is 5. The van der Waals surface area contributed by atoms with Gasteiger partial charge in [-0.1, -0.05) is 66.7 Å². The van der Waals surface area contributed by atoms with Crippen LogP contribution in [0, 0.1) is 0 Å². The fourth-order valence-electron chi connectivity index (χ4n) is 5.17. The number of aromatic carboxylic acids is 1. The Balaban J connectivity index is 1.60. The summed E-state index contributed by atoms with van der Waals surface area (Å²) in [7, 11) is 0. The van der Waals surface area contributed by atoms with Crippen LogP contribution in [0.15, 0.2) is 101 Å². The molecular formula is C31H27NO5. The Morgan fingerprint density at radius 2 is 1.65 bits per heavy atom. The minimum Gasteiger partial charge on any atom is -0.478 e. The molecule has 5 rings (SSSR count). The van der Waals surface area contributed by atoms with Gasteiger partial charge in [-0.25, -0.2) is 9.59 Å². The Hall–Kier alpha value is -4.45. The molecule has 0 saturated carbocycles. The minimum absolute atomic E-state index is 0.0237. The smallest absolute Gasteiger partial charge is 0.337 e. The highest BCUT2D eigenvalue weighted by Crippen LogP contribution is 2.45. The van der Waals surface area contributed by atoms with Crippen LogP contribution >= 0.6 is 0 Å². The fraction of sp³-hybridized carbons (Fsp3) is 0.194. The van der Waals surface area contributed by atoms with E-state index in [1.54, 1.807) is 24.3 Å². The second-order valence-corrected chi connectivity index (χ2v) is 9.30. The molecule has 0 aromatic heterocycles. The van der Waals surface area contributed by atoms with Crippen LogP contribution in [0.25, 0.3) is 11.1 Å². The molecule has 0 fully saturated rings. The van der Waals surface area contributed by atoms with Crippen molar-refractivity contribution in [3.8, 4) is 11.1 Å². The Morgan fingerprint density at radius 3 is 2.38 bits per heavy atom. The van der Waals surface area contributed by atoms with Crippen LogP contribution in [0.3, 0.4) is 0 Å². The first-order valence-electron chi connectivity index (χ1n) is 12.3. The maximum atomic E-state index is 13.6. The van der Waals surface area contributed by atoms with Gasteiger partial charge < -0.3 is 15.2 Å². The van der Waals surface area contributed by atoms with E-state index in [1.807, 2.05) is 61.5 Å². The first-order chi connectivity index (χ1) is 17.9. The van der Waals surface area contributed by atoms with Crippen molar-refractivity contribution in [2.75, 3.05) is 0 Å². The van der Waals surface area contributed by atoms with Gasteiger partial charge in [-0.3, -0.25) is 4.79 Å². The van der Waals surface area contributed by atoms with Crippen molar-refractivity contribution >= 4 is 17.7 Å². The third-order valence-electron chi connectivity index (χ3n) is 6.92. The number of ether oxygens (including phenoxy) is 1. The lowest BCUT2D eigenvalue weighted by Crippen LogP contribution is -2.34. The van der Waals surface area contributed by atoms with Crippen LogP contribution in [0.5, 0.6) is 0 Å². The number of nitrogens with one attached hydrogen (secondary N) is 1. The van der Waals surface area contributed by atoms with E-state index >= 15 is 0 Å². The Kier molecular flexibility index (Phi) is 6.73. The number of carbonyl (C=O) groups excluding carboxylic acids is 2. The number of rotatable bonds is 6. The Labute approximate surface area is 215 Å². The van der Waals surface area contributed by atoms with Crippen molar-refractivity contribution in [2.45, 2.75) is 38.7 Å². The maximum absolute atomic E-state index is 13.6. The molecule has 3 aromatic carbocycles. The summed E-state index contributed by atoms with van der Waals surface area (Å²) in [4.78, 5) is 38.3. The molecule has 2 aliphatic rings. The largest absolute Gasteiger partial charge is 0.478 e. The first-order valence-corrected chi connectivity index (χ1v) is 12.3. The molecule has 0 radical (unpaired) electrons. The number of carboxylic acid groups (broad SMARTS) is 1. The fourth-order valence-corrected chi connectivity index (χ4v) is 5.17. The van der Waals surface area contributed by atoms with Gasteiger partial charge in [0.2, 0.25) is 0 Å². The molecule has 0 saturated heterocycles. The number of benzene rings is 3. The van der Waals surface area contributed by atoms with E-state index < -0.39 is 17.9 Å². The first kappa shape index (κ1) is 24.3. The van der Waals surface area contributed by atoms with Gasteiger partial charge in [-0.2, -0.15) is 0 Å². The third-order valence-corrected chi connectivity index (χ3v) is 6.92. The Morgan fingerprint density at radius 1 is 0.946 bits per heavy atom. The second-order valence-electron chi connectivity index (χ2n) is 9.30. The maximum Gasteiger partial charge on any atom is 0.337 e. The van der Waals surface area contributed by atoms with Gasteiger partial charge in [-0.05, 0) is 54.2 Å². The number of allylic oxidation sites excluding steroid dienone is 3. The normalized spacial score (nSPS) is 17.2. The average Bonchev–Trinajstić information content (AvgIpc) is 2.92. The van der Waals surface area contributed by atoms with E-state index in [-0.39, 0.29) is 18.0 Å². The van der Waals surface area contributed by atoms with E-state index in [4.69, 9.17) is 4.74 Å². The quantitative estimate of drug-likeness (QED) is 0.424. The summed E-state index contributed by atoms with van der Waals surface area (Å²) in [5, 5.41) is 12.6. The van der Waals surface area contributed by atoms with Crippen molar-refractivity contribution in [2.24, 2.45) is 0 Å². The van der Waals surface area contributed by atoms with Gasteiger partial charge >= 0.3 is 11.9 Å². The molecule has 0 bridgehead atoms. The zero-order chi connectivity index (χ0) is 25.9. The number of carbonyl (C=O) groups is 3. The molecule has 1 heterocycles. The summed E-state index contributed by atoms with van der Waals surface area (Å²) in [6.45, 7) is 1.97. The summed E-state index contributed by atoms with van der Waals surface area (Å²) in [5.41, 5.74) is 6.07. The molecule has 186 valence electrons. The number of Topliss-reactive ketones (excluding diaryl/α,β-unsaturated/α-hetero) is 1. The standard InChI is InChI=1S/C31H27NO5/c1-19-27(31(36)37-18-20-8-3-2-4-9-20)28(29-25(32-19)12-7-13-26(29)33)24-11-6-5-10-23(24)21-14-16-22(17-15-21)30(34)35/h2-6,8-11,14-17,28,32H,7,12-13,18H2,1H3,(H,34,35). The summed E-state index contributed by atoms with van der Waals surface area (Å²) in [6, 6.07) is 23.8. The number of hydrogen-bond donors (Lipinski definition) is 2. The SMILES string of the molecule is CC1=C(C(=O)OCc2ccccc2)C(c2ccccc2-c2ccc(C(=O)O)cc2)C2=C(CCCC2=O)N1. The van der Waals surface area contributed by atoms with Gasteiger partial charge in [0, 0.05) is 29.3 Å². The molecule has 1 unspecified atom stereocenters. The predicted molar refractivity (Wildman–Crippen MR) is 140 cm³/mol. The van der Waals surface area contributed by atoms with Gasteiger partial charge in [0.25, 0.3) is 0 Å². The molecule has 1 aliphatic carbocycles. The van der Waals surface area contributed by atoms with E-state index in [0.29, 0.717) is 23.3 Å². The zero-order valence-corrected chi connectivity index (χ0v) is 20.5. The molecule has 37 heavy (non-hydrogen) atoms. The summed E-state index contributed by atoms with van der Waals surface area (Å²) in [5.74, 6) is -2.04. The summed E-state index contributed by atoms with van der Waals surface area (Å²) >= 11 is 0. The lowest BCUT2D eigenvalue weighted by atomic mass is 9.73. The zero-order valence-electron chi connectivity index (χ0n) is 20.5. The van der Waals surface area contributed by atoms with E-state index in [0.717, 1.165) is 40.8 Å². The number of esters is 1. The Bertz CT molecular complexity index is 1430. The van der Waals surface area contributed by atoms with Gasteiger partial charge in [0.1, 0.15) is 6.61 Å². The monoisotopic (exact) mass is 493 g/mol. The molecule has 0 amide bonds. The highest BCUT2D eigenvalue weighted by molar-refractivity contribution is 6.04. The lowest BCUT2D eigenvalue weighted by Gasteiger charge is -2.35. The third kappa shape index (κ3) is 4.83. The molecular weight excluding hydrogens is 466 g/mol. The summed E-state index contributed by atoms with van der Waals surface area (Å²) in [6.07, 6.45) is 1.92. The molecule has 1 aliphatic heterocycles. The number of carboxylic acids is 1. The van der Waals surface area contributed by atoms with Crippen LogP contribution in [0.1, 0.15) is 53.6 Å². The van der Waals surface area contributed by atoms with Crippen LogP contribution < -0.4 is 5.32 Å². The minimum atomic E-state index is -0.997. The van der Waals surface area contributed by atoms with Crippen molar-refractivity contribution in [3.05, 3.63) is 118 Å². The molecule has 6 nitrogen and oxygen atoms in total. The molecule has 0 spiro atoms. The van der Waals surface area contributed by atoms with Crippen molar-refractivity contribution in [1.82, 2.24) is 5.32 Å². The van der Waals surface area contributed by atoms with E-state index in [2.05, 4.69) is 5.32 Å². The topological polar surface area (TPSA) is 92.7 Å². The van der Waals surface area contributed by atoms with Crippen molar-refractivity contribution in [1.29, 1.82) is 0 Å². The van der Waals surface area contributed by atoms with Crippen LogP contribution in [-0.4, -0.2) is 22.8 Å². The second kappa shape index (κ2) is 10.3. The van der Waals surface area contributed by atoms with Crippen LogP contribution in [-0.2, 0) is 20.9 Å².